The van der Waals surface area contributed by atoms with E-state index >= 15 is 0 Å². The van der Waals surface area contributed by atoms with Gasteiger partial charge in [0.2, 0.25) is 0 Å². The molecular weight excluding hydrogens is 324 g/mol. The minimum absolute atomic E-state index is 0.0316. The van der Waals surface area contributed by atoms with Crippen LogP contribution in [0.4, 0.5) is 11.5 Å². The Morgan fingerprint density at radius 2 is 1.81 bits per heavy atom. The van der Waals surface area contributed by atoms with Gasteiger partial charge in [-0.25, -0.2) is 4.98 Å². The number of aromatic nitrogens is 1. The summed E-state index contributed by atoms with van der Waals surface area (Å²) in [6.45, 7) is 7.30. The molecule has 0 spiro atoms. The molecule has 0 N–H and O–H groups in total. The number of carbonyl (C=O) groups excluding carboxylic acids is 1. The van der Waals surface area contributed by atoms with Crippen LogP contribution >= 0.6 is 0 Å². The first-order chi connectivity index (χ1) is 12.3. The van der Waals surface area contributed by atoms with E-state index in [9.17, 15) is 4.79 Å². The van der Waals surface area contributed by atoms with Gasteiger partial charge < -0.3 is 9.80 Å². The van der Waals surface area contributed by atoms with E-state index in [2.05, 4.69) is 28.9 Å². The summed E-state index contributed by atoms with van der Waals surface area (Å²) in [6.07, 6.45) is 1.80. The largest absolute Gasteiger partial charge is 0.358 e. The van der Waals surface area contributed by atoms with E-state index < -0.39 is 0 Å². The van der Waals surface area contributed by atoms with E-state index in [0.717, 1.165) is 35.7 Å². The molecule has 0 radical (unpaired) electrons. The number of carbonyl (C=O) groups is 1. The smallest absolute Gasteiger partial charge is 0.162 e. The quantitative estimate of drug-likeness (QED) is 0.563. The van der Waals surface area contributed by atoms with Crippen LogP contribution in [0.1, 0.15) is 35.3 Å². The van der Waals surface area contributed by atoms with Crippen molar-refractivity contribution in [3.8, 4) is 0 Å². The summed E-state index contributed by atoms with van der Waals surface area (Å²) in [6, 6.07) is 9.70. The zero-order chi connectivity index (χ0) is 19.3. The Bertz CT molecular complexity index is 811. The molecule has 26 heavy (non-hydrogen) atoms. The van der Waals surface area contributed by atoms with Gasteiger partial charge in [-0.1, -0.05) is 12.1 Å². The molecule has 5 nitrogen and oxygen atoms in total. The van der Waals surface area contributed by atoms with Crippen LogP contribution in [-0.2, 0) is 0 Å². The number of Topliss-reactive ketones (excluding diaryl/α,β-unsaturated/α-hetero) is 1. The topological polar surface area (TPSA) is 48.8 Å². The average Bonchev–Trinajstić information content (AvgIpc) is 2.59. The summed E-state index contributed by atoms with van der Waals surface area (Å²) < 4.78 is 0. The van der Waals surface area contributed by atoms with Crippen molar-refractivity contribution in [2.45, 2.75) is 20.8 Å². The van der Waals surface area contributed by atoms with Gasteiger partial charge >= 0.3 is 0 Å². The molecule has 0 bridgehead atoms. The van der Waals surface area contributed by atoms with Gasteiger partial charge in [-0.3, -0.25) is 9.79 Å². The van der Waals surface area contributed by atoms with Crippen LogP contribution in [0.15, 0.2) is 41.5 Å². The minimum atomic E-state index is 0.0316. The second-order valence-electron chi connectivity index (χ2n) is 6.82. The number of pyridine rings is 1. The van der Waals surface area contributed by atoms with Crippen LogP contribution < -0.4 is 4.90 Å². The first-order valence-corrected chi connectivity index (χ1v) is 8.78. The Morgan fingerprint density at radius 3 is 2.46 bits per heavy atom. The molecule has 0 saturated carbocycles. The summed E-state index contributed by atoms with van der Waals surface area (Å²) in [7, 11) is 6.15. The molecule has 1 heterocycles. The number of anilines is 1. The molecule has 1 aromatic carbocycles. The minimum Gasteiger partial charge on any atom is -0.358 e. The van der Waals surface area contributed by atoms with E-state index in [4.69, 9.17) is 4.99 Å². The monoisotopic (exact) mass is 352 g/mol. The van der Waals surface area contributed by atoms with Gasteiger partial charge in [0.15, 0.2) is 5.78 Å². The zero-order valence-electron chi connectivity index (χ0n) is 16.6. The van der Waals surface area contributed by atoms with Crippen molar-refractivity contribution in [1.82, 2.24) is 9.88 Å². The van der Waals surface area contributed by atoms with Crippen molar-refractivity contribution >= 4 is 23.0 Å². The number of nitrogens with zero attached hydrogens (tertiary/aromatic N) is 4. The fraction of sp³-hybridized carbons (Fsp3) is 0.381. The molecule has 0 aliphatic heterocycles. The van der Waals surface area contributed by atoms with E-state index in [-0.39, 0.29) is 5.78 Å². The highest BCUT2D eigenvalue weighted by atomic mass is 16.1. The van der Waals surface area contributed by atoms with Crippen molar-refractivity contribution in [3.05, 3.63) is 53.2 Å². The predicted octanol–water partition coefficient (Wildman–Crippen LogP) is 3.73. The predicted molar refractivity (Wildman–Crippen MR) is 109 cm³/mol. The Hall–Kier alpha value is -2.53. The maximum absolute atomic E-state index is 12.0. The lowest BCUT2D eigenvalue weighted by Crippen LogP contribution is -2.30. The van der Waals surface area contributed by atoms with E-state index in [0.29, 0.717) is 11.3 Å². The van der Waals surface area contributed by atoms with Crippen molar-refractivity contribution in [1.29, 1.82) is 0 Å². The second-order valence-corrected chi connectivity index (χ2v) is 6.82. The fourth-order valence-corrected chi connectivity index (χ4v) is 2.88. The van der Waals surface area contributed by atoms with Gasteiger partial charge in [-0.15, -0.1) is 0 Å². The van der Waals surface area contributed by atoms with Crippen LogP contribution in [0.5, 0.6) is 0 Å². The number of aliphatic imine (C=N–C) groups is 1. The highest BCUT2D eigenvalue weighted by Gasteiger charge is 2.14. The second kappa shape index (κ2) is 8.72. The van der Waals surface area contributed by atoms with Crippen LogP contribution in [-0.4, -0.2) is 55.6 Å². The molecule has 2 rings (SSSR count). The Morgan fingerprint density at radius 1 is 1.08 bits per heavy atom. The lowest BCUT2D eigenvalue weighted by atomic mass is 10.0. The maximum atomic E-state index is 12.0. The molecule has 0 unspecified atom stereocenters. The van der Waals surface area contributed by atoms with E-state index in [1.165, 1.54) is 0 Å². The molecule has 0 saturated heterocycles. The molecular formula is C21H28N4O. The SMILES string of the molecule is CC(=O)c1c(C)cccc1N=C(C)c1cccnc1N(C)CCN(C)C. The molecule has 5 heteroatoms. The fourth-order valence-electron chi connectivity index (χ4n) is 2.88. The summed E-state index contributed by atoms with van der Waals surface area (Å²) in [4.78, 5) is 25.6. The summed E-state index contributed by atoms with van der Waals surface area (Å²) in [5.74, 6) is 0.928. The number of rotatable bonds is 7. The van der Waals surface area contributed by atoms with Crippen LogP contribution in [0.25, 0.3) is 0 Å². The van der Waals surface area contributed by atoms with E-state index in [1.807, 2.05) is 51.2 Å². The van der Waals surface area contributed by atoms with Gasteiger partial charge in [-0.2, -0.15) is 0 Å². The van der Waals surface area contributed by atoms with Gasteiger partial charge in [-0.05, 0) is 58.6 Å². The number of likely N-dealkylation sites (N-methyl/N-ethyl adjacent to an activating group) is 2. The molecule has 0 aliphatic carbocycles. The molecule has 0 amide bonds. The number of aryl methyl sites for hydroxylation is 1. The summed E-state index contributed by atoms with van der Waals surface area (Å²) in [5.41, 5.74) is 4.16. The van der Waals surface area contributed by atoms with Crippen molar-refractivity contribution in [2.24, 2.45) is 4.99 Å². The molecule has 0 atom stereocenters. The Kier molecular flexibility index (Phi) is 6.64. The zero-order valence-corrected chi connectivity index (χ0v) is 16.6. The van der Waals surface area contributed by atoms with Crippen LogP contribution in [0.3, 0.4) is 0 Å². The average molecular weight is 352 g/mol. The lowest BCUT2D eigenvalue weighted by Gasteiger charge is -2.23. The third-order valence-corrected chi connectivity index (χ3v) is 4.31. The molecule has 0 fully saturated rings. The molecule has 1 aromatic heterocycles. The number of hydrogen-bond donors (Lipinski definition) is 0. The van der Waals surface area contributed by atoms with Crippen LogP contribution in [0.2, 0.25) is 0 Å². The summed E-state index contributed by atoms with van der Waals surface area (Å²) >= 11 is 0. The number of ketones is 1. The van der Waals surface area contributed by atoms with Crippen molar-refractivity contribution in [2.75, 3.05) is 39.1 Å². The van der Waals surface area contributed by atoms with Crippen molar-refractivity contribution in [3.63, 3.8) is 0 Å². The maximum Gasteiger partial charge on any atom is 0.162 e. The molecule has 2 aromatic rings. The molecule has 0 aliphatic rings. The number of benzene rings is 1. The highest BCUT2D eigenvalue weighted by Crippen LogP contribution is 2.25. The third-order valence-electron chi connectivity index (χ3n) is 4.31. The Labute approximate surface area is 156 Å². The third kappa shape index (κ3) is 4.76. The van der Waals surface area contributed by atoms with Gasteiger partial charge in [0.05, 0.1) is 5.69 Å². The first kappa shape index (κ1) is 19.8. The van der Waals surface area contributed by atoms with Crippen LogP contribution in [0, 0.1) is 6.92 Å². The number of hydrogen-bond acceptors (Lipinski definition) is 5. The Balaban J connectivity index is 2.42. The highest BCUT2D eigenvalue weighted by molar-refractivity contribution is 6.06. The van der Waals surface area contributed by atoms with Gasteiger partial charge in [0.25, 0.3) is 0 Å². The van der Waals surface area contributed by atoms with Crippen molar-refractivity contribution < 1.29 is 4.79 Å². The van der Waals surface area contributed by atoms with Gasteiger partial charge in [0.1, 0.15) is 5.82 Å². The van der Waals surface area contributed by atoms with Gasteiger partial charge in [0, 0.05) is 43.2 Å². The van der Waals surface area contributed by atoms with E-state index in [1.54, 1.807) is 13.1 Å². The standard InChI is InChI=1S/C21H28N4O/c1-15-9-7-11-19(20(15)17(3)26)23-16(2)18-10-8-12-22-21(18)25(6)14-13-24(4)5/h7-12H,13-14H2,1-6H3. The normalized spacial score (nSPS) is 11.7. The lowest BCUT2D eigenvalue weighted by molar-refractivity contribution is 0.101. The summed E-state index contributed by atoms with van der Waals surface area (Å²) in [5, 5.41) is 0. The molecule has 138 valence electrons. The first-order valence-electron chi connectivity index (χ1n) is 8.78.